The van der Waals surface area contributed by atoms with Crippen LogP contribution in [0.1, 0.15) is 49.1 Å². The van der Waals surface area contributed by atoms with Gasteiger partial charge in [-0.15, -0.1) is 0 Å². The second-order valence-corrected chi connectivity index (χ2v) is 7.39. The summed E-state index contributed by atoms with van der Waals surface area (Å²) in [6, 6.07) is 10.5. The fourth-order valence-corrected chi connectivity index (χ4v) is 4.49. The fraction of sp³-hybridized carbons (Fsp3) is 0.647. The topological polar surface area (TPSA) is 12.0 Å². The maximum atomic E-state index is 3.89. The van der Waals surface area contributed by atoms with Crippen molar-refractivity contribution < 1.29 is 0 Å². The van der Waals surface area contributed by atoms with E-state index in [9.17, 15) is 0 Å². The normalized spacial score (nSPS) is 34.2. The average molecular weight is 275 g/mol. The standard InChI is InChI=1S/C17H25NS/c1-12-5-3-4-6-17(12)13-9-15(10-13)18-14-7-8-16(11-14)19-2/h3-6,13-16,18H,7-11H2,1-2H3. The van der Waals surface area contributed by atoms with Crippen molar-refractivity contribution in [3.8, 4) is 0 Å². The molecule has 0 spiro atoms. The first kappa shape index (κ1) is 13.5. The van der Waals surface area contributed by atoms with Gasteiger partial charge in [-0.05, 0) is 62.3 Å². The van der Waals surface area contributed by atoms with Gasteiger partial charge in [-0.3, -0.25) is 0 Å². The quantitative estimate of drug-likeness (QED) is 0.887. The Labute approximate surface area is 121 Å². The highest BCUT2D eigenvalue weighted by atomic mass is 32.2. The van der Waals surface area contributed by atoms with Crippen LogP contribution in [0.2, 0.25) is 0 Å². The highest BCUT2D eigenvalue weighted by molar-refractivity contribution is 7.99. The second kappa shape index (κ2) is 5.88. The molecule has 2 saturated carbocycles. The third-order valence-electron chi connectivity index (χ3n) is 4.96. The summed E-state index contributed by atoms with van der Waals surface area (Å²) in [6.45, 7) is 2.25. The summed E-state index contributed by atoms with van der Waals surface area (Å²) in [5.74, 6) is 0.802. The van der Waals surface area contributed by atoms with E-state index in [-0.39, 0.29) is 0 Å². The molecule has 2 aliphatic rings. The fourth-order valence-electron chi connectivity index (χ4n) is 3.69. The number of aryl methyl sites for hydroxylation is 1. The van der Waals surface area contributed by atoms with Crippen molar-refractivity contribution in [2.45, 2.75) is 62.3 Å². The molecule has 3 rings (SSSR count). The van der Waals surface area contributed by atoms with Gasteiger partial charge in [-0.1, -0.05) is 24.3 Å². The zero-order valence-corrected chi connectivity index (χ0v) is 12.9. The molecule has 1 N–H and O–H groups in total. The molecule has 0 saturated heterocycles. The molecule has 2 aliphatic carbocycles. The van der Waals surface area contributed by atoms with Crippen LogP contribution < -0.4 is 5.32 Å². The number of benzene rings is 1. The number of thioether (sulfide) groups is 1. The van der Waals surface area contributed by atoms with Crippen LogP contribution in [-0.4, -0.2) is 23.6 Å². The molecular weight excluding hydrogens is 250 g/mol. The van der Waals surface area contributed by atoms with E-state index < -0.39 is 0 Å². The Morgan fingerprint density at radius 3 is 2.53 bits per heavy atom. The Kier molecular flexibility index (Phi) is 4.18. The summed E-state index contributed by atoms with van der Waals surface area (Å²) >= 11 is 2.05. The highest BCUT2D eigenvalue weighted by Gasteiger charge is 2.34. The molecule has 2 atom stereocenters. The Balaban J connectivity index is 1.47. The zero-order valence-electron chi connectivity index (χ0n) is 12.1. The number of hydrogen-bond acceptors (Lipinski definition) is 2. The number of nitrogens with one attached hydrogen (secondary N) is 1. The smallest absolute Gasteiger partial charge is 0.00813 e. The van der Waals surface area contributed by atoms with Gasteiger partial charge in [0.1, 0.15) is 0 Å². The Hall–Kier alpha value is -0.470. The van der Waals surface area contributed by atoms with Crippen LogP contribution in [0.5, 0.6) is 0 Å². The van der Waals surface area contributed by atoms with Crippen molar-refractivity contribution in [2.24, 2.45) is 0 Å². The van der Waals surface area contributed by atoms with Gasteiger partial charge in [0.25, 0.3) is 0 Å². The van der Waals surface area contributed by atoms with E-state index in [1.54, 1.807) is 5.56 Å². The van der Waals surface area contributed by atoms with E-state index in [1.807, 2.05) is 11.8 Å². The van der Waals surface area contributed by atoms with E-state index in [0.29, 0.717) is 0 Å². The predicted octanol–water partition coefficient (Wildman–Crippen LogP) is 4.11. The van der Waals surface area contributed by atoms with E-state index >= 15 is 0 Å². The molecule has 0 aromatic heterocycles. The average Bonchev–Trinajstić information content (AvgIpc) is 2.82. The first-order valence-corrected chi connectivity index (χ1v) is 8.89. The second-order valence-electron chi connectivity index (χ2n) is 6.26. The van der Waals surface area contributed by atoms with E-state index in [1.165, 1.54) is 37.7 Å². The summed E-state index contributed by atoms with van der Waals surface area (Å²) in [6.07, 6.45) is 9.11. The molecule has 1 nitrogen and oxygen atoms in total. The molecule has 2 heteroatoms. The molecule has 2 fully saturated rings. The van der Waals surface area contributed by atoms with Crippen LogP contribution >= 0.6 is 11.8 Å². The minimum atomic E-state index is 0.773. The van der Waals surface area contributed by atoms with Crippen molar-refractivity contribution in [3.63, 3.8) is 0 Å². The van der Waals surface area contributed by atoms with E-state index in [0.717, 1.165) is 23.3 Å². The van der Waals surface area contributed by atoms with Crippen molar-refractivity contribution in [1.29, 1.82) is 0 Å². The molecule has 0 heterocycles. The molecular formula is C17H25NS. The lowest BCUT2D eigenvalue weighted by atomic mass is 9.74. The maximum absolute atomic E-state index is 3.89. The summed E-state index contributed by atoms with van der Waals surface area (Å²) in [7, 11) is 0. The molecule has 19 heavy (non-hydrogen) atoms. The van der Waals surface area contributed by atoms with Gasteiger partial charge in [0, 0.05) is 17.3 Å². The third kappa shape index (κ3) is 3.00. The van der Waals surface area contributed by atoms with Crippen molar-refractivity contribution in [1.82, 2.24) is 5.32 Å². The Bertz CT molecular complexity index is 425. The van der Waals surface area contributed by atoms with Gasteiger partial charge in [0.15, 0.2) is 0 Å². The van der Waals surface area contributed by atoms with Crippen LogP contribution in [0.15, 0.2) is 24.3 Å². The predicted molar refractivity (Wildman–Crippen MR) is 85.0 cm³/mol. The Morgan fingerprint density at radius 1 is 1.05 bits per heavy atom. The van der Waals surface area contributed by atoms with Gasteiger partial charge >= 0.3 is 0 Å². The van der Waals surface area contributed by atoms with E-state index in [2.05, 4.69) is 42.8 Å². The minimum absolute atomic E-state index is 0.773. The molecule has 0 radical (unpaired) electrons. The highest BCUT2D eigenvalue weighted by Crippen LogP contribution is 2.39. The van der Waals surface area contributed by atoms with Crippen molar-refractivity contribution >= 4 is 11.8 Å². The number of hydrogen-bond donors (Lipinski definition) is 1. The summed E-state index contributed by atoms with van der Waals surface area (Å²) in [4.78, 5) is 0. The minimum Gasteiger partial charge on any atom is -0.311 e. The monoisotopic (exact) mass is 275 g/mol. The molecule has 0 amide bonds. The summed E-state index contributed by atoms with van der Waals surface area (Å²) in [5, 5.41) is 4.79. The first-order valence-electron chi connectivity index (χ1n) is 7.60. The summed E-state index contributed by atoms with van der Waals surface area (Å²) < 4.78 is 0. The molecule has 2 unspecified atom stereocenters. The van der Waals surface area contributed by atoms with Crippen LogP contribution in [0.25, 0.3) is 0 Å². The first-order chi connectivity index (χ1) is 9.26. The molecule has 1 aromatic rings. The van der Waals surface area contributed by atoms with Gasteiger partial charge in [-0.25, -0.2) is 0 Å². The summed E-state index contributed by atoms with van der Waals surface area (Å²) in [5.41, 5.74) is 3.04. The zero-order chi connectivity index (χ0) is 13.2. The van der Waals surface area contributed by atoms with Crippen molar-refractivity contribution in [2.75, 3.05) is 6.26 Å². The van der Waals surface area contributed by atoms with Gasteiger partial charge in [0.05, 0.1) is 0 Å². The van der Waals surface area contributed by atoms with Gasteiger partial charge in [-0.2, -0.15) is 11.8 Å². The molecule has 0 aliphatic heterocycles. The largest absolute Gasteiger partial charge is 0.311 e. The molecule has 1 aromatic carbocycles. The third-order valence-corrected chi connectivity index (χ3v) is 6.05. The molecule has 104 valence electrons. The van der Waals surface area contributed by atoms with Crippen LogP contribution in [-0.2, 0) is 0 Å². The van der Waals surface area contributed by atoms with E-state index in [4.69, 9.17) is 0 Å². The van der Waals surface area contributed by atoms with Crippen molar-refractivity contribution in [3.05, 3.63) is 35.4 Å². The maximum Gasteiger partial charge on any atom is 0.00813 e. The lowest BCUT2D eigenvalue weighted by Gasteiger charge is -2.39. The SMILES string of the molecule is CSC1CCC(NC2CC(c3ccccc3C)C2)C1. The van der Waals surface area contributed by atoms with Crippen LogP contribution in [0.4, 0.5) is 0 Å². The lowest BCUT2D eigenvalue weighted by Crippen LogP contribution is -2.44. The van der Waals surface area contributed by atoms with Crippen LogP contribution in [0, 0.1) is 6.92 Å². The van der Waals surface area contributed by atoms with Crippen LogP contribution in [0.3, 0.4) is 0 Å². The number of rotatable bonds is 4. The van der Waals surface area contributed by atoms with Gasteiger partial charge < -0.3 is 5.32 Å². The Morgan fingerprint density at radius 2 is 1.84 bits per heavy atom. The molecule has 0 bridgehead atoms. The lowest BCUT2D eigenvalue weighted by molar-refractivity contribution is 0.264. The van der Waals surface area contributed by atoms with Gasteiger partial charge in [0.2, 0.25) is 0 Å².